The quantitative estimate of drug-likeness (QED) is 0.809. The predicted octanol–water partition coefficient (Wildman–Crippen LogP) is 1.65. The topological polar surface area (TPSA) is 95.9 Å². The van der Waals surface area contributed by atoms with Crippen LogP contribution in [-0.2, 0) is 21.3 Å². The van der Waals surface area contributed by atoms with Crippen LogP contribution in [0.15, 0.2) is 47.4 Å². The summed E-state index contributed by atoms with van der Waals surface area (Å²) in [5, 5.41) is 12.5. The summed E-state index contributed by atoms with van der Waals surface area (Å²) in [5.74, 6) is -0.466. The molecule has 0 bridgehead atoms. The van der Waals surface area contributed by atoms with E-state index in [-0.39, 0.29) is 28.7 Å². The number of carbonyl (C=O) groups excluding carboxylic acids is 1. The van der Waals surface area contributed by atoms with Crippen molar-refractivity contribution in [2.24, 2.45) is 0 Å². The summed E-state index contributed by atoms with van der Waals surface area (Å²) in [7, 11) is -3.53. The third-order valence-corrected chi connectivity index (χ3v) is 6.29. The smallest absolute Gasteiger partial charge is 0.255 e. The second-order valence-electron chi connectivity index (χ2n) is 6.36. The van der Waals surface area contributed by atoms with Gasteiger partial charge in [-0.05, 0) is 36.8 Å². The van der Waals surface area contributed by atoms with Crippen LogP contribution < -0.4 is 5.32 Å². The lowest BCUT2D eigenvalue weighted by Crippen LogP contribution is -2.40. The lowest BCUT2D eigenvalue weighted by atomic mass is 10.1. The number of phenols is 1. The second kappa shape index (κ2) is 8.08. The molecule has 2 N–H and O–H groups in total. The van der Waals surface area contributed by atoms with Gasteiger partial charge in [-0.1, -0.05) is 23.8 Å². The van der Waals surface area contributed by atoms with Crippen molar-refractivity contribution in [2.45, 2.75) is 18.4 Å². The van der Waals surface area contributed by atoms with E-state index >= 15 is 0 Å². The van der Waals surface area contributed by atoms with Crippen LogP contribution >= 0.6 is 0 Å². The summed E-state index contributed by atoms with van der Waals surface area (Å²) in [6, 6.07) is 11.2. The van der Waals surface area contributed by atoms with Crippen LogP contribution in [0.4, 0.5) is 0 Å². The van der Waals surface area contributed by atoms with Crippen LogP contribution in [0.5, 0.6) is 5.75 Å². The highest BCUT2D eigenvalue weighted by atomic mass is 32.2. The molecule has 3 rings (SSSR count). The fourth-order valence-electron chi connectivity index (χ4n) is 2.82. The molecule has 7 nitrogen and oxygen atoms in total. The van der Waals surface area contributed by atoms with Gasteiger partial charge in [0.1, 0.15) is 5.75 Å². The van der Waals surface area contributed by atoms with Gasteiger partial charge in [0.25, 0.3) is 5.91 Å². The maximum atomic E-state index is 12.6. The first kappa shape index (κ1) is 19.3. The van der Waals surface area contributed by atoms with Gasteiger partial charge in [-0.25, -0.2) is 8.42 Å². The Morgan fingerprint density at radius 1 is 1.15 bits per heavy atom. The van der Waals surface area contributed by atoms with Crippen LogP contribution in [0, 0.1) is 6.92 Å². The Morgan fingerprint density at radius 3 is 2.48 bits per heavy atom. The van der Waals surface area contributed by atoms with Gasteiger partial charge < -0.3 is 15.2 Å². The molecular formula is C19H22N2O5S. The number of hydrogen-bond donors (Lipinski definition) is 2. The van der Waals surface area contributed by atoms with E-state index in [1.807, 2.05) is 6.92 Å². The summed E-state index contributed by atoms with van der Waals surface area (Å²) in [5.41, 5.74) is 1.84. The first-order valence-corrected chi connectivity index (χ1v) is 10.1. The number of nitrogens with one attached hydrogen (secondary N) is 1. The molecule has 0 atom stereocenters. The summed E-state index contributed by atoms with van der Waals surface area (Å²) in [6.45, 7) is 3.55. The highest BCUT2D eigenvalue weighted by Crippen LogP contribution is 2.19. The average Bonchev–Trinajstić information content (AvgIpc) is 2.69. The highest BCUT2D eigenvalue weighted by molar-refractivity contribution is 7.89. The molecule has 27 heavy (non-hydrogen) atoms. The molecule has 1 aliphatic heterocycles. The van der Waals surface area contributed by atoms with Crippen LogP contribution in [0.25, 0.3) is 0 Å². The van der Waals surface area contributed by atoms with E-state index in [2.05, 4.69) is 5.32 Å². The number of hydrogen-bond acceptors (Lipinski definition) is 5. The fraction of sp³-hybridized carbons (Fsp3) is 0.316. The summed E-state index contributed by atoms with van der Waals surface area (Å²) in [6.07, 6.45) is 0. The fourth-order valence-corrected chi connectivity index (χ4v) is 4.23. The van der Waals surface area contributed by atoms with E-state index in [0.717, 1.165) is 11.1 Å². The molecule has 2 aromatic rings. The van der Waals surface area contributed by atoms with Crippen molar-refractivity contribution < 1.29 is 23.1 Å². The number of nitrogens with zero attached hydrogens (tertiary/aromatic N) is 1. The number of benzene rings is 2. The van der Waals surface area contributed by atoms with E-state index in [0.29, 0.717) is 26.3 Å². The molecule has 0 saturated carbocycles. The minimum Gasteiger partial charge on any atom is -0.507 e. The summed E-state index contributed by atoms with van der Waals surface area (Å²) in [4.78, 5) is 12.5. The van der Waals surface area contributed by atoms with Crippen LogP contribution in [-0.4, -0.2) is 50.0 Å². The van der Waals surface area contributed by atoms with Crippen LogP contribution in [0.2, 0.25) is 0 Å². The molecule has 0 aromatic heterocycles. The molecule has 1 saturated heterocycles. The number of carbonyl (C=O) groups is 1. The minimum atomic E-state index is -3.53. The second-order valence-corrected chi connectivity index (χ2v) is 8.30. The molecule has 144 valence electrons. The Balaban J connectivity index is 1.65. The van der Waals surface area contributed by atoms with Crippen molar-refractivity contribution in [1.82, 2.24) is 9.62 Å². The van der Waals surface area contributed by atoms with Crippen molar-refractivity contribution in [1.29, 1.82) is 0 Å². The first-order valence-electron chi connectivity index (χ1n) is 8.62. The molecule has 0 aliphatic carbocycles. The largest absolute Gasteiger partial charge is 0.507 e. The van der Waals surface area contributed by atoms with Crippen LogP contribution in [0.1, 0.15) is 21.5 Å². The molecule has 1 heterocycles. The van der Waals surface area contributed by atoms with Gasteiger partial charge in [-0.3, -0.25) is 4.79 Å². The number of phenolic OH excluding ortho intramolecular Hbond substituents is 1. The SMILES string of the molecule is Cc1ccc(O)c(C(=O)NCc2ccc(S(=O)(=O)N3CCOCC3)cc2)c1. The van der Waals surface area contributed by atoms with Crippen molar-refractivity contribution in [3.8, 4) is 5.75 Å². The van der Waals surface area contributed by atoms with E-state index < -0.39 is 10.0 Å². The third kappa shape index (κ3) is 4.47. The third-order valence-electron chi connectivity index (χ3n) is 4.38. The summed E-state index contributed by atoms with van der Waals surface area (Å²) < 4.78 is 31.8. The molecular weight excluding hydrogens is 368 g/mol. The number of morpholine rings is 1. The maximum Gasteiger partial charge on any atom is 0.255 e. The zero-order valence-electron chi connectivity index (χ0n) is 15.0. The first-order chi connectivity index (χ1) is 12.9. The standard InChI is InChI=1S/C19H22N2O5S/c1-14-2-7-18(22)17(12-14)19(23)20-13-15-3-5-16(6-4-15)27(24,25)21-8-10-26-11-9-21/h2-7,12,22H,8-11,13H2,1H3,(H,20,23). The molecule has 0 spiro atoms. The lowest BCUT2D eigenvalue weighted by molar-refractivity contribution is 0.0730. The highest BCUT2D eigenvalue weighted by Gasteiger charge is 2.26. The minimum absolute atomic E-state index is 0.0787. The van der Waals surface area contributed by atoms with Crippen molar-refractivity contribution in [2.75, 3.05) is 26.3 Å². The van der Waals surface area contributed by atoms with Crippen molar-refractivity contribution in [3.05, 3.63) is 59.2 Å². The monoisotopic (exact) mass is 390 g/mol. The number of aromatic hydroxyl groups is 1. The van der Waals surface area contributed by atoms with Gasteiger partial charge in [0, 0.05) is 19.6 Å². The van der Waals surface area contributed by atoms with Crippen LogP contribution in [0.3, 0.4) is 0 Å². The number of sulfonamides is 1. The van der Waals surface area contributed by atoms with E-state index in [9.17, 15) is 18.3 Å². The zero-order valence-corrected chi connectivity index (χ0v) is 15.8. The van der Waals surface area contributed by atoms with Crippen molar-refractivity contribution in [3.63, 3.8) is 0 Å². The van der Waals surface area contributed by atoms with Gasteiger partial charge in [0.15, 0.2) is 0 Å². The maximum absolute atomic E-state index is 12.6. The van der Waals surface area contributed by atoms with E-state index in [1.165, 1.54) is 22.5 Å². The zero-order chi connectivity index (χ0) is 19.4. The Hall–Kier alpha value is -2.42. The van der Waals surface area contributed by atoms with Gasteiger partial charge in [0.2, 0.25) is 10.0 Å². The normalized spacial score (nSPS) is 15.4. The molecule has 8 heteroatoms. The van der Waals surface area contributed by atoms with E-state index in [4.69, 9.17) is 4.74 Å². The molecule has 1 amide bonds. The predicted molar refractivity (Wildman–Crippen MR) is 100 cm³/mol. The number of aryl methyl sites for hydroxylation is 1. The molecule has 1 aliphatic rings. The average molecular weight is 390 g/mol. The van der Waals surface area contributed by atoms with Gasteiger partial charge >= 0.3 is 0 Å². The lowest BCUT2D eigenvalue weighted by Gasteiger charge is -2.26. The summed E-state index contributed by atoms with van der Waals surface area (Å²) >= 11 is 0. The number of ether oxygens (including phenoxy) is 1. The van der Waals surface area contributed by atoms with E-state index in [1.54, 1.807) is 24.3 Å². The molecule has 0 unspecified atom stereocenters. The number of rotatable bonds is 5. The Morgan fingerprint density at radius 2 is 1.81 bits per heavy atom. The number of amides is 1. The van der Waals surface area contributed by atoms with Gasteiger partial charge in [0.05, 0.1) is 23.7 Å². The molecule has 1 fully saturated rings. The van der Waals surface area contributed by atoms with Crippen molar-refractivity contribution >= 4 is 15.9 Å². The van der Waals surface area contributed by atoms with Gasteiger partial charge in [-0.2, -0.15) is 4.31 Å². The Labute approximate surface area is 158 Å². The Bertz CT molecular complexity index is 920. The van der Waals surface area contributed by atoms with Gasteiger partial charge in [-0.15, -0.1) is 0 Å². The molecule has 2 aromatic carbocycles. The molecule has 0 radical (unpaired) electrons. The Kier molecular flexibility index (Phi) is 5.79.